The van der Waals surface area contributed by atoms with Gasteiger partial charge in [-0.1, -0.05) is 18.2 Å². The Hall–Kier alpha value is -2.09. The monoisotopic (exact) mass is 333 g/mol. The molecule has 0 atom stereocenters. The standard InChI is InChI=1S/C14H11F4NO2S/c1-22(20,21)19-13-7-4-10(8-12(13)15)9-2-5-11(6-3-9)14(16,17)18/h2-8,19H,1H3. The second-order valence-corrected chi connectivity index (χ2v) is 6.39. The van der Waals surface area contributed by atoms with Crippen LogP contribution < -0.4 is 4.72 Å². The number of anilines is 1. The lowest BCUT2D eigenvalue weighted by atomic mass is 10.0. The second-order valence-electron chi connectivity index (χ2n) is 4.64. The van der Waals surface area contributed by atoms with E-state index < -0.39 is 27.6 Å². The van der Waals surface area contributed by atoms with E-state index in [1.165, 1.54) is 24.3 Å². The summed E-state index contributed by atoms with van der Waals surface area (Å²) in [5.41, 5.74) is -0.298. The molecule has 0 aliphatic carbocycles. The van der Waals surface area contributed by atoms with Gasteiger partial charge in [0.05, 0.1) is 17.5 Å². The van der Waals surface area contributed by atoms with Crippen LogP contribution in [0.2, 0.25) is 0 Å². The van der Waals surface area contributed by atoms with Crippen molar-refractivity contribution in [2.75, 3.05) is 11.0 Å². The lowest BCUT2D eigenvalue weighted by molar-refractivity contribution is -0.137. The van der Waals surface area contributed by atoms with E-state index in [-0.39, 0.29) is 5.69 Å². The minimum atomic E-state index is -4.44. The molecule has 0 heterocycles. The summed E-state index contributed by atoms with van der Waals surface area (Å²) in [6, 6.07) is 7.92. The van der Waals surface area contributed by atoms with Crippen molar-refractivity contribution in [2.24, 2.45) is 0 Å². The third kappa shape index (κ3) is 3.97. The highest BCUT2D eigenvalue weighted by Gasteiger charge is 2.29. The first-order valence-electron chi connectivity index (χ1n) is 6.01. The zero-order chi connectivity index (χ0) is 16.5. The van der Waals surface area contributed by atoms with E-state index in [1.54, 1.807) is 0 Å². The van der Waals surface area contributed by atoms with Gasteiger partial charge >= 0.3 is 6.18 Å². The third-order valence-corrected chi connectivity index (χ3v) is 3.40. The number of sulfonamides is 1. The van der Waals surface area contributed by atoms with Crippen LogP contribution in [-0.4, -0.2) is 14.7 Å². The van der Waals surface area contributed by atoms with Gasteiger partial charge in [0.2, 0.25) is 10.0 Å². The normalized spacial score (nSPS) is 12.2. The predicted octanol–water partition coefficient (Wildman–Crippen LogP) is 3.88. The number of hydrogen-bond acceptors (Lipinski definition) is 2. The quantitative estimate of drug-likeness (QED) is 0.867. The van der Waals surface area contributed by atoms with Crippen molar-refractivity contribution < 1.29 is 26.0 Å². The van der Waals surface area contributed by atoms with Gasteiger partial charge in [0.15, 0.2) is 0 Å². The maximum Gasteiger partial charge on any atom is 0.416 e. The molecule has 3 nitrogen and oxygen atoms in total. The van der Waals surface area contributed by atoms with Gasteiger partial charge in [-0.15, -0.1) is 0 Å². The van der Waals surface area contributed by atoms with Crippen LogP contribution in [0.4, 0.5) is 23.2 Å². The van der Waals surface area contributed by atoms with Crippen LogP contribution in [0.1, 0.15) is 5.56 Å². The van der Waals surface area contributed by atoms with Crippen molar-refractivity contribution >= 4 is 15.7 Å². The molecule has 2 aromatic rings. The van der Waals surface area contributed by atoms with E-state index in [2.05, 4.69) is 0 Å². The summed E-state index contributed by atoms with van der Waals surface area (Å²) in [6.45, 7) is 0. The Morgan fingerprint density at radius 1 is 0.955 bits per heavy atom. The van der Waals surface area contributed by atoms with Crippen LogP contribution in [0.15, 0.2) is 42.5 Å². The number of nitrogens with one attached hydrogen (secondary N) is 1. The summed E-state index contributed by atoms with van der Waals surface area (Å²) in [5.74, 6) is -0.817. The summed E-state index contributed by atoms with van der Waals surface area (Å²) in [4.78, 5) is 0. The Morgan fingerprint density at radius 2 is 1.50 bits per heavy atom. The molecule has 0 spiro atoms. The van der Waals surface area contributed by atoms with E-state index in [4.69, 9.17) is 0 Å². The molecule has 0 unspecified atom stereocenters. The first kappa shape index (κ1) is 16.3. The molecule has 2 aromatic carbocycles. The average Bonchev–Trinajstić information content (AvgIpc) is 2.39. The molecule has 0 aromatic heterocycles. The zero-order valence-electron chi connectivity index (χ0n) is 11.3. The summed E-state index contributed by atoms with van der Waals surface area (Å²) in [7, 11) is -3.61. The van der Waals surface area contributed by atoms with E-state index in [9.17, 15) is 26.0 Å². The van der Waals surface area contributed by atoms with E-state index >= 15 is 0 Å². The van der Waals surface area contributed by atoms with Crippen LogP contribution in [0.5, 0.6) is 0 Å². The predicted molar refractivity (Wildman–Crippen MR) is 75.3 cm³/mol. The van der Waals surface area contributed by atoms with Crippen molar-refractivity contribution in [3.8, 4) is 11.1 Å². The number of benzene rings is 2. The van der Waals surface area contributed by atoms with E-state index in [0.29, 0.717) is 11.1 Å². The van der Waals surface area contributed by atoms with Crippen LogP contribution in [0, 0.1) is 5.82 Å². The molecule has 0 aliphatic rings. The maximum atomic E-state index is 13.8. The van der Waals surface area contributed by atoms with Gasteiger partial charge in [0, 0.05) is 0 Å². The van der Waals surface area contributed by atoms with Crippen LogP contribution >= 0.6 is 0 Å². The Labute approximate surface area is 124 Å². The number of halogens is 4. The molecule has 118 valence electrons. The number of hydrogen-bond donors (Lipinski definition) is 1. The largest absolute Gasteiger partial charge is 0.416 e. The summed E-state index contributed by atoms with van der Waals surface area (Å²) in [6.07, 6.45) is -3.55. The third-order valence-electron chi connectivity index (χ3n) is 2.81. The fourth-order valence-corrected chi connectivity index (χ4v) is 2.39. The second kappa shape index (κ2) is 5.60. The fraction of sp³-hybridized carbons (Fsp3) is 0.143. The molecule has 0 radical (unpaired) electrons. The molecule has 0 saturated carbocycles. The van der Waals surface area contributed by atoms with Crippen LogP contribution in [-0.2, 0) is 16.2 Å². The molecule has 1 N–H and O–H groups in total. The lowest BCUT2D eigenvalue weighted by Gasteiger charge is -2.09. The van der Waals surface area contributed by atoms with Crippen molar-refractivity contribution in [2.45, 2.75) is 6.18 Å². The molecular formula is C14H11F4NO2S. The zero-order valence-corrected chi connectivity index (χ0v) is 12.1. The van der Waals surface area contributed by atoms with Gasteiger partial charge in [-0.2, -0.15) is 13.2 Å². The molecular weight excluding hydrogens is 322 g/mol. The minimum Gasteiger partial charge on any atom is -0.281 e. The van der Waals surface area contributed by atoms with E-state index in [0.717, 1.165) is 24.5 Å². The number of rotatable bonds is 3. The van der Waals surface area contributed by atoms with Crippen molar-refractivity contribution in [3.05, 3.63) is 53.8 Å². The molecule has 0 aliphatic heterocycles. The van der Waals surface area contributed by atoms with Crippen molar-refractivity contribution in [1.82, 2.24) is 0 Å². The molecule has 0 saturated heterocycles. The Kier molecular flexibility index (Phi) is 4.15. The molecule has 22 heavy (non-hydrogen) atoms. The highest BCUT2D eigenvalue weighted by Crippen LogP contribution is 2.31. The van der Waals surface area contributed by atoms with Gasteiger partial charge < -0.3 is 0 Å². The minimum absolute atomic E-state index is 0.224. The van der Waals surface area contributed by atoms with Gasteiger partial charge in [-0.05, 0) is 35.4 Å². The first-order chi connectivity index (χ1) is 10.1. The smallest absolute Gasteiger partial charge is 0.281 e. The van der Waals surface area contributed by atoms with Gasteiger partial charge in [0.1, 0.15) is 5.82 Å². The average molecular weight is 333 g/mol. The molecule has 8 heteroatoms. The molecule has 0 amide bonds. The SMILES string of the molecule is CS(=O)(=O)Nc1ccc(-c2ccc(C(F)(F)F)cc2)cc1F. The van der Waals surface area contributed by atoms with Gasteiger partial charge in [0.25, 0.3) is 0 Å². The Morgan fingerprint density at radius 3 is 1.95 bits per heavy atom. The Balaban J connectivity index is 2.32. The van der Waals surface area contributed by atoms with Crippen LogP contribution in [0.25, 0.3) is 11.1 Å². The van der Waals surface area contributed by atoms with Crippen molar-refractivity contribution in [1.29, 1.82) is 0 Å². The molecule has 0 fully saturated rings. The van der Waals surface area contributed by atoms with E-state index in [1.807, 2.05) is 4.72 Å². The van der Waals surface area contributed by atoms with Gasteiger partial charge in [-0.25, -0.2) is 12.8 Å². The van der Waals surface area contributed by atoms with Gasteiger partial charge in [-0.3, -0.25) is 4.72 Å². The Bertz CT molecular complexity index is 783. The van der Waals surface area contributed by atoms with Crippen LogP contribution in [0.3, 0.4) is 0 Å². The van der Waals surface area contributed by atoms with Crippen molar-refractivity contribution in [3.63, 3.8) is 0 Å². The summed E-state index contributed by atoms with van der Waals surface area (Å²) in [5, 5.41) is 0. The summed E-state index contributed by atoms with van der Waals surface area (Å²) >= 11 is 0. The lowest BCUT2D eigenvalue weighted by Crippen LogP contribution is -2.10. The maximum absolute atomic E-state index is 13.8. The summed E-state index contributed by atoms with van der Waals surface area (Å²) < 4.78 is 75.4. The number of alkyl halides is 3. The fourth-order valence-electron chi connectivity index (χ4n) is 1.83. The first-order valence-corrected chi connectivity index (χ1v) is 7.90. The topological polar surface area (TPSA) is 46.2 Å². The highest BCUT2D eigenvalue weighted by molar-refractivity contribution is 7.92. The molecule has 2 rings (SSSR count). The molecule has 0 bridgehead atoms. The highest BCUT2D eigenvalue weighted by atomic mass is 32.2.